The third kappa shape index (κ3) is 3.44. The molecular formula is C15H23FN2O2S. The Balaban J connectivity index is 2.45. The molecule has 1 N–H and O–H groups in total. The zero-order valence-corrected chi connectivity index (χ0v) is 13.4. The molecule has 1 saturated heterocycles. The zero-order chi connectivity index (χ0) is 15.5. The van der Waals surface area contributed by atoms with E-state index < -0.39 is 15.8 Å². The molecule has 1 aromatic rings. The summed E-state index contributed by atoms with van der Waals surface area (Å²) in [6.45, 7) is 2.93. The van der Waals surface area contributed by atoms with Gasteiger partial charge in [-0.05, 0) is 44.0 Å². The summed E-state index contributed by atoms with van der Waals surface area (Å²) in [4.78, 5) is 0.0946. The fourth-order valence-electron chi connectivity index (χ4n) is 2.93. The van der Waals surface area contributed by atoms with E-state index in [0.717, 1.165) is 31.7 Å². The second-order valence-electron chi connectivity index (χ2n) is 5.46. The Morgan fingerprint density at radius 2 is 2.14 bits per heavy atom. The Labute approximate surface area is 126 Å². The predicted octanol–water partition coefficient (Wildman–Crippen LogP) is 2.50. The van der Waals surface area contributed by atoms with Crippen molar-refractivity contribution in [2.24, 2.45) is 0 Å². The molecule has 0 aromatic heterocycles. The van der Waals surface area contributed by atoms with Crippen LogP contribution in [0.1, 0.15) is 38.2 Å². The summed E-state index contributed by atoms with van der Waals surface area (Å²) >= 11 is 0. The smallest absolute Gasteiger partial charge is 0.243 e. The van der Waals surface area contributed by atoms with Crippen LogP contribution in [-0.4, -0.2) is 32.4 Å². The van der Waals surface area contributed by atoms with Gasteiger partial charge in [0.05, 0.1) is 4.90 Å². The van der Waals surface area contributed by atoms with Gasteiger partial charge in [-0.3, -0.25) is 0 Å². The van der Waals surface area contributed by atoms with Crippen LogP contribution >= 0.6 is 0 Å². The molecule has 0 saturated carbocycles. The molecule has 6 heteroatoms. The van der Waals surface area contributed by atoms with Crippen molar-refractivity contribution < 1.29 is 12.8 Å². The molecular weight excluding hydrogens is 291 g/mol. The highest BCUT2D eigenvalue weighted by atomic mass is 32.2. The maximum atomic E-state index is 13.6. The molecule has 1 aliphatic rings. The lowest BCUT2D eigenvalue weighted by Crippen LogP contribution is -2.43. The Morgan fingerprint density at radius 1 is 1.38 bits per heavy atom. The van der Waals surface area contributed by atoms with Gasteiger partial charge in [-0.2, -0.15) is 4.31 Å². The number of piperidine rings is 1. The zero-order valence-electron chi connectivity index (χ0n) is 12.6. The van der Waals surface area contributed by atoms with Crippen LogP contribution in [0.25, 0.3) is 0 Å². The summed E-state index contributed by atoms with van der Waals surface area (Å²) in [6, 6.07) is 4.01. The molecule has 1 atom stereocenters. The van der Waals surface area contributed by atoms with Crippen molar-refractivity contribution in [2.75, 3.05) is 13.6 Å². The number of hydrogen-bond donors (Lipinski definition) is 1. The minimum Gasteiger partial charge on any atom is -0.316 e. The van der Waals surface area contributed by atoms with E-state index >= 15 is 0 Å². The van der Waals surface area contributed by atoms with Gasteiger partial charge in [-0.25, -0.2) is 12.8 Å². The summed E-state index contributed by atoms with van der Waals surface area (Å²) < 4.78 is 41.0. The third-order valence-corrected chi connectivity index (χ3v) is 6.06. The normalized spacial score (nSPS) is 20.6. The molecule has 1 fully saturated rings. The van der Waals surface area contributed by atoms with Gasteiger partial charge in [0.2, 0.25) is 10.0 Å². The van der Waals surface area contributed by atoms with Crippen molar-refractivity contribution in [3.8, 4) is 0 Å². The molecule has 0 aliphatic carbocycles. The number of nitrogens with zero attached hydrogens (tertiary/aromatic N) is 1. The molecule has 4 nitrogen and oxygen atoms in total. The fourth-order valence-corrected chi connectivity index (χ4v) is 4.93. The standard InChI is InChI=1S/C15H23FN2O2S/c1-3-14-6-4-5-9-18(14)21(19,20)15-10-13(16)8-7-12(15)11-17-2/h7-8,10,14,17H,3-6,9,11H2,1-2H3. The van der Waals surface area contributed by atoms with E-state index in [4.69, 9.17) is 0 Å². The van der Waals surface area contributed by atoms with Crippen LogP contribution in [0.2, 0.25) is 0 Å². The molecule has 21 heavy (non-hydrogen) atoms. The number of halogens is 1. The van der Waals surface area contributed by atoms with E-state index in [1.54, 1.807) is 17.4 Å². The first-order valence-electron chi connectivity index (χ1n) is 7.45. The van der Waals surface area contributed by atoms with Gasteiger partial charge < -0.3 is 5.32 Å². The summed E-state index contributed by atoms with van der Waals surface area (Å²) in [5.74, 6) is -0.515. The second-order valence-corrected chi connectivity index (χ2v) is 7.31. The van der Waals surface area contributed by atoms with Crippen LogP contribution in [0.5, 0.6) is 0 Å². The minimum absolute atomic E-state index is 0.0226. The van der Waals surface area contributed by atoms with Crippen LogP contribution in [0, 0.1) is 5.82 Å². The first kappa shape index (κ1) is 16.4. The van der Waals surface area contributed by atoms with E-state index in [-0.39, 0.29) is 10.9 Å². The summed E-state index contributed by atoms with van der Waals surface area (Å²) in [6.07, 6.45) is 3.59. The average Bonchev–Trinajstić information content (AvgIpc) is 2.49. The highest BCUT2D eigenvalue weighted by Crippen LogP contribution is 2.29. The monoisotopic (exact) mass is 314 g/mol. The summed E-state index contributed by atoms with van der Waals surface area (Å²) in [5, 5.41) is 2.94. The van der Waals surface area contributed by atoms with E-state index in [1.165, 1.54) is 6.07 Å². The fraction of sp³-hybridized carbons (Fsp3) is 0.600. The van der Waals surface area contributed by atoms with Gasteiger partial charge in [0, 0.05) is 19.1 Å². The SMILES string of the molecule is CCC1CCCCN1S(=O)(=O)c1cc(F)ccc1CNC. The van der Waals surface area contributed by atoms with Crippen LogP contribution in [0.4, 0.5) is 4.39 Å². The van der Waals surface area contributed by atoms with E-state index in [0.29, 0.717) is 18.7 Å². The quantitative estimate of drug-likeness (QED) is 0.908. The molecule has 0 bridgehead atoms. The van der Waals surface area contributed by atoms with Gasteiger partial charge in [0.1, 0.15) is 5.82 Å². The molecule has 118 valence electrons. The van der Waals surface area contributed by atoms with Crippen molar-refractivity contribution in [1.82, 2.24) is 9.62 Å². The Kier molecular flexibility index (Phi) is 5.35. The molecule has 1 aliphatic heterocycles. The third-order valence-electron chi connectivity index (χ3n) is 4.03. The molecule has 2 rings (SSSR count). The molecule has 1 unspecified atom stereocenters. The van der Waals surface area contributed by atoms with Crippen molar-refractivity contribution in [3.63, 3.8) is 0 Å². The first-order valence-corrected chi connectivity index (χ1v) is 8.89. The van der Waals surface area contributed by atoms with E-state index in [2.05, 4.69) is 5.32 Å². The molecule has 0 radical (unpaired) electrons. The number of nitrogens with one attached hydrogen (secondary N) is 1. The van der Waals surface area contributed by atoms with Crippen molar-refractivity contribution in [2.45, 2.75) is 50.1 Å². The maximum absolute atomic E-state index is 13.6. The minimum atomic E-state index is -3.65. The highest BCUT2D eigenvalue weighted by molar-refractivity contribution is 7.89. The lowest BCUT2D eigenvalue weighted by atomic mass is 10.0. The molecule has 1 aromatic carbocycles. The lowest BCUT2D eigenvalue weighted by molar-refractivity contribution is 0.246. The predicted molar refractivity (Wildman–Crippen MR) is 81.0 cm³/mol. The number of benzene rings is 1. The van der Waals surface area contributed by atoms with Crippen LogP contribution in [0.15, 0.2) is 23.1 Å². The number of rotatable bonds is 5. The highest BCUT2D eigenvalue weighted by Gasteiger charge is 2.33. The largest absolute Gasteiger partial charge is 0.316 e. The Bertz CT molecular complexity index is 589. The van der Waals surface area contributed by atoms with E-state index in [1.807, 2.05) is 6.92 Å². The first-order chi connectivity index (χ1) is 10.0. The van der Waals surface area contributed by atoms with Crippen LogP contribution < -0.4 is 5.32 Å². The number of sulfonamides is 1. The Hall–Kier alpha value is -0.980. The topological polar surface area (TPSA) is 49.4 Å². The molecule has 0 amide bonds. The van der Waals surface area contributed by atoms with Crippen LogP contribution in [0.3, 0.4) is 0 Å². The summed E-state index contributed by atoms with van der Waals surface area (Å²) in [5.41, 5.74) is 0.610. The lowest BCUT2D eigenvalue weighted by Gasteiger charge is -2.34. The van der Waals surface area contributed by atoms with Gasteiger partial charge in [-0.1, -0.05) is 19.4 Å². The maximum Gasteiger partial charge on any atom is 0.243 e. The van der Waals surface area contributed by atoms with E-state index in [9.17, 15) is 12.8 Å². The van der Waals surface area contributed by atoms with Gasteiger partial charge in [0.25, 0.3) is 0 Å². The molecule has 1 heterocycles. The average molecular weight is 314 g/mol. The number of hydrogen-bond acceptors (Lipinski definition) is 3. The summed E-state index contributed by atoms with van der Waals surface area (Å²) in [7, 11) is -1.90. The van der Waals surface area contributed by atoms with Crippen molar-refractivity contribution in [1.29, 1.82) is 0 Å². The van der Waals surface area contributed by atoms with Gasteiger partial charge >= 0.3 is 0 Å². The van der Waals surface area contributed by atoms with Crippen molar-refractivity contribution >= 4 is 10.0 Å². The van der Waals surface area contributed by atoms with Crippen molar-refractivity contribution in [3.05, 3.63) is 29.6 Å². The Morgan fingerprint density at radius 3 is 2.81 bits per heavy atom. The molecule has 0 spiro atoms. The van der Waals surface area contributed by atoms with Gasteiger partial charge in [0.15, 0.2) is 0 Å². The van der Waals surface area contributed by atoms with Gasteiger partial charge in [-0.15, -0.1) is 0 Å². The van der Waals surface area contributed by atoms with Crippen LogP contribution in [-0.2, 0) is 16.6 Å². The second kappa shape index (κ2) is 6.85.